The number of halogens is 1. The van der Waals surface area contributed by atoms with E-state index in [4.69, 9.17) is 4.84 Å². The minimum atomic E-state index is -3.96. The van der Waals surface area contributed by atoms with Crippen LogP contribution >= 0.6 is 0 Å². The third kappa shape index (κ3) is 5.04. The molecule has 0 spiro atoms. The fourth-order valence-corrected chi connectivity index (χ4v) is 5.35. The van der Waals surface area contributed by atoms with Gasteiger partial charge in [-0.2, -0.15) is 22.5 Å². The molecule has 0 bridgehead atoms. The van der Waals surface area contributed by atoms with Crippen molar-refractivity contribution in [2.45, 2.75) is 37.8 Å². The summed E-state index contributed by atoms with van der Waals surface area (Å²) in [7, 11) is -3.96. The van der Waals surface area contributed by atoms with Gasteiger partial charge in [0, 0.05) is 13.1 Å². The maximum absolute atomic E-state index is 13.1. The number of nitrogens with one attached hydrogen (secondary N) is 1. The fourth-order valence-electron chi connectivity index (χ4n) is 3.97. The lowest BCUT2D eigenvalue weighted by Gasteiger charge is -2.32. The van der Waals surface area contributed by atoms with Crippen LogP contribution in [0, 0.1) is 5.82 Å². The molecule has 2 aromatic rings. The first-order chi connectivity index (χ1) is 15.3. The minimum Gasteiger partial charge on any atom is -0.272 e. The predicted octanol–water partition coefficient (Wildman–Crippen LogP) is 2.10. The molecule has 2 heterocycles. The molecule has 10 heteroatoms. The SMILES string of the molecule is O=C1CC(NS(=O)(=O)N2CCC(c3ccc(F)cc3)CC2)C(=O)N1OCc1ccccc1. The lowest BCUT2D eigenvalue weighted by Crippen LogP contribution is -2.50. The largest absolute Gasteiger partial charge is 0.280 e. The zero-order valence-electron chi connectivity index (χ0n) is 17.3. The Hall–Kier alpha value is -2.66. The molecule has 2 fully saturated rings. The fraction of sp³-hybridized carbons (Fsp3) is 0.364. The van der Waals surface area contributed by atoms with Gasteiger partial charge in [0.15, 0.2) is 0 Å². The van der Waals surface area contributed by atoms with Crippen molar-refractivity contribution < 1.29 is 27.2 Å². The summed E-state index contributed by atoms with van der Waals surface area (Å²) in [6, 6.07) is 14.1. The van der Waals surface area contributed by atoms with Crippen molar-refractivity contribution in [2.24, 2.45) is 0 Å². The van der Waals surface area contributed by atoms with Gasteiger partial charge in [0.05, 0.1) is 6.42 Å². The predicted molar refractivity (Wildman–Crippen MR) is 113 cm³/mol. The number of rotatable bonds is 7. The van der Waals surface area contributed by atoms with E-state index in [-0.39, 0.29) is 37.9 Å². The number of hydrogen-bond donors (Lipinski definition) is 1. The number of amides is 2. The molecule has 4 rings (SSSR count). The third-order valence-corrected chi connectivity index (χ3v) is 7.36. The summed E-state index contributed by atoms with van der Waals surface area (Å²) in [5.41, 5.74) is 1.75. The highest BCUT2D eigenvalue weighted by Gasteiger charge is 2.43. The topological polar surface area (TPSA) is 96.0 Å². The molecule has 2 aromatic carbocycles. The number of carbonyl (C=O) groups is 2. The number of benzene rings is 2. The Labute approximate surface area is 186 Å². The molecule has 0 aromatic heterocycles. The first-order valence-corrected chi connectivity index (χ1v) is 11.8. The lowest BCUT2D eigenvalue weighted by molar-refractivity contribution is -0.191. The Morgan fingerprint density at radius 3 is 2.31 bits per heavy atom. The quantitative estimate of drug-likeness (QED) is 0.637. The van der Waals surface area contributed by atoms with Gasteiger partial charge in [-0.3, -0.25) is 14.4 Å². The van der Waals surface area contributed by atoms with E-state index in [1.807, 2.05) is 18.2 Å². The van der Waals surface area contributed by atoms with Crippen LogP contribution in [-0.4, -0.2) is 48.7 Å². The second-order valence-corrected chi connectivity index (χ2v) is 9.59. The monoisotopic (exact) mass is 461 g/mol. The molecule has 2 aliphatic rings. The number of imide groups is 1. The van der Waals surface area contributed by atoms with Crippen LogP contribution in [0.2, 0.25) is 0 Å². The van der Waals surface area contributed by atoms with Crippen LogP contribution in [0.1, 0.15) is 36.3 Å². The van der Waals surface area contributed by atoms with E-state index in [1.54, 1.807) is 24.3 Å². The van der Waals surface area contributed by atoms with Gasteiger partial charge in [0.1, 0.15) is 18.5 Å². The van der Waals surface area contributed by atoms with Crippen molar-refractivity contribution in [1.82, 2.24) is 14.1 Å². The second kappa shape index (κ2) is 9.45. The molecule has 0 radical (unpaired) electrons. The van der Waals surface area contributed by atoms with E-state index in [0.29, 0.717) is 17.9 Å². The number of hydroxylamine groups is 2. The highest BCUT2D eigenvalue weighted by Crippen LogP contribution is 2.29. The first kappa shape index (κ1) is 22.5. The molecular formula is C22H24FN3O5S. The van der Waals surface area contributed by atoms with Crippen molar-refractivity contribution in [3.63, 3.8) is 0 Å². The Balaban J connectivity index is 1.32. The molecule has 0 saturated carbocycles. The number of nitrogens with zero attached hydrogens (tertiary/aromatic N) is 2. The smallest absolute Gasteiger partial charge is 0.272 e. The maximum Gasteiger partial charge on any atom is 0.280 e. The van der Waals surface area contributed by atoms with Gasteiger partial charge >= 0.3 is 0 Å². The van der Waals surface area contributed by atoms with Crippen LogP contribution in [0.25, 0.3) is 0 Å². The molecule has 32 heavy (non-hydrogen) atoms. The average Bonchev–Trinajstić information content (AvgIpc) is 3.05. The molecule has 1 N–H and O–H groups in total. The van der Waals surface area contributed by atoms with E-state index in [0.717, 1.165) is 11.1 Å². The van der Waals surface area contributed by atoms with Crippen LogP contribution in [0.5, 0.6) is 0 Å². The van der Waals surface area contributed by atoms with Gasteiger partial charge in [0.25, 0.3) is 22.0 Å². The number of carbonyl (C=O) groups excluding carboxylic acids is 2. The summed E-state index contributed by atoms with van der Waals surface area (Å²) < 4.78 is 42.4. The van der Waals surface area contributed by atoms with Crippen molar-refractivity contribution in [3.05, 3.63) is 71.5 Å². The van der Waals surface area contributed by atoms with Gasteiger partial charge in [-0.1, -0.05) is 42.5 Å². The van der Waals surface area contributed by atoms with Gasteiger partial charge in [-0.15, -0.1) is 0 Å². The Morgan fingerprint density at radius 2 is 1.66 bits per heavy atom. The van der Waals surface area contributed by atoms with Gasteiger partial charge in [-0.25, -0.2) is 4.39 Å². The molecular weight excluding hydrogens is 437 g/mol. The summed E-state index contributed by atoms with van der Waals surface area (Å²) in [6.07, 6.45) is 0.867. The van der Waals surface area contributed by atoms with Gasteiger partial charge in [-0.05, 0) is 42.0 Å². The summed E-state index contributed by atoms with van der Waals surface area (Å²) in [5, 5.41) is 0.640. The Bertz CT molecular complexity index is 1070. The second-order valence-electron chi connectivity index (χ2n) is 7.89. The van der Waals surface area contributed by atoms with Gasteiger partial charge in [0.2, 0.25) is 0 Å². The molecule has 2 saturated heterocycles. The summed E-state index contributed by atoms with van der Waals surface area (Å²) in [6.45, 7) is 0.551. The normalized spacial score (nSPS) is 20.8. The van der Waals surface area contributed by atoms with Gasteiger partial charge < -0.3 is 0 Å². The average molecular weight is 462 g/mol. The van der Waals surface area contributed by atoms with E-state index < -0.39 is 28.1 Å². The van der Waals surface area contributed by atoms with Crippen molar-refractivity contribution in [1.29, 1.82) is 0 Å². The van der Waals surface area contributed by atoms with Crippen molar-refractivity contribution in [2.75, 3.05) is 13.1 Å². The van der Waals surface area contributed by atoms with Crippen LogP contribution < -0.4 is 4.72 Å². The molecule has 1 atom stereocenters. The molecule has 8 nitrogen and oxygen atoms in total. The molecule has 0 aliphatic carbocycles. The third-order valence-electron chi connectivity index (χ3n) is 5.73. The highest BCUT2D eigenvalue weighted by molar-refractivity contribution is 7.87. The Kier molecular flexibility index (Phi) is 6.66. The first-order valence-electron chi connectivity index (χ1n) is 10.4. The molecule has 2 aliphatic heterocycles. The zero-order valence-corrected chi connectivity index (χ0v) is 18.1. The molecule has 1 unspecified atom stereocenters. The maximum atomic E-state index is 13.1. The minimum absolute atomic E-state index is 0.0225. The summed E-state index contributed by atoms with van der Waals surface area (Å²) in [5.74, 6) is -1.49. The van der Waals surface area contributed by atoms with E-state index >= 15 is 0 Å². The van der Waals surface area contributed by atoms with Crippen molar-refractivity contribution in [3.8, 4) is 0 Å². The number of piperidine rings is 1. The molecule has 2 amide bonds. The zero-order chi connectivity index (χ0) is 22.7. The van der Waals surface area contributed by atoms with Crippen LogP contribution in [0.4, 0.5) is 4.39 Å². The molecule has 170 valence electrons. The summed E-state index contributed by atoms with van der Waals surface area (Å²) in [4.78, 5) is 30.1. The van der Waals surface area contributed by atoms with E-state index in [9.17, 15) is 22.4 Å². The van der Waals surface area contributed by atoms with Crippen LogP contribution in [0.15, 0.2) is 54.6 Å². The number of hydrogen-bond acceptors (Lipinski definition) is 5. The van der Waals surface area contributed by atoms with Crippen LogP contribution in [-0.2, 0) is 31.2 Å². The lowest BCUT2D eigenvalue weighted by atomic mass is 9.90. The standard InChI is InChI=1S/C22H24FN3O5S/c23-19-8-6-17(7-9-19)18-10-12-25(13-11-18)32(29,30)24-20-14-21(27)26(22(20)28)31-15-16-4-2-1-3-5-16/h1-9,18,20,24H,10-15H2. The van der Waals surface area contributed by atoms with E-state index in [2.05, 4.69) is 4.72 Å². The Morgan fingerprint density at radius 1 is 1.00 bits per heavy atom. The van der Waals surface area contributed by atoms with E-state index in [1.165, 1.54) is 16.4 Å². The highest BCUT2D eigenvalue weighted by atomic mass is 32.2. The van der Waals surface area contributed by atoms with Crippen LogP contribution in [0.3, 0.4) is 0 Å². The summed E-state index contributed by atoms with van der Waals surface area (Å²) >= 11 is 0. The van der Waals surface area contributed by atoms with Crippen molar-refractivity contribution >= 4 is 22.0 Å².